The molecule has 2 aromatic rings. The number of aromatic nitrogens is 1. The van der Waals surface area contributed by atoms with Gasteiger partial charge >= 0.3 is 5.97 Å². The van der Waals surface area contributed by atoms with Crippen molar-refractivity contribution in [3.05, 3.63) is 44.2 Å². The number of halogens is 3. The average molecular weight is 363 g/mol. The molecule has 0 saturated heterocycles. The molecular weight excluding hydrogens is 358 g/mol. The molecular formula is C11H5BrF2N2O5. The quantitative estimate of drug-likeness (QED) is 0.657. The lowest BCUT2D eigenvalue weighted by Gasteiger charge is -1.98. The highest BCUT2D eigenvalue weighted by Crippen LogP contribution is 2.32. The summed E-state index contributed by atoms with van der Waals surface area (Å²) < 4.78 is 30.5. The Morgan fingerprint density at radius 1 is 1.43 bits per heavy atom. The van der Waals surface area contributed by atoms with E-state index in [2.05, 4.69) is 20.9 Å². The van der Waals surface area contributed by atoms with E-state index >= 15 is 0 Å². The molecule has 0 spiro atoms. The maximum atomic E-state index is 12.7. The Morgan fingerprint density at radius 2 is 2.10 bits per heavy atom. The van der Waals surface area contributed by atoms with Gasteiger partial charge in [0.1, 0.15) is 0 Å². The number of nitro groups is 1. The van der Waals surface area contributed by atoms with Gasteiger partial charge in [-0.25, -0.2) is 18.6 Å². The summed E-state index contributed by atoms with van der Waals surface area (Å²) in [5, 5.41) is 19.5. The van der Waals surface area contributed by atoms with Crippen molar-refractivity contribution in [1.29, 1.82) is 0 Å². The minimum absolute atomic E-state index is 0.00507. The molecule has 1 aromatic heterocycles. The fourth-order valence-corrected chi connectivity index (χ4v) is 2.04. The van der Waals surface area contributed by atoms with Crippen molar-refractivity contribution in [2.45, 2.75) is 6.43 Å². The van der Waals surface area contributed by atoms with Crippen molar-refractivity contribution in [3.8, 4) is 11.5 Å². The second kappa shape index (κ2) is 5.56. The number of carboxylic acids is 1. The highest BCUT2D eigenvalue weighted by atomic mass is 79.9. The highest BCUT2D eigenvalue weighted by molar-refractivity contribution is 9.10. The summed E-state index contributed by atoms with van der Waals surface area (Å²) in [4.78, 5) is 24.3. The van der Waals surface area contributed by atoms with Crippen molar-refractivity contribution < 1.29 is 28.0 Å². The molecule has 1 N–H and O–H groups in total. The van der Waals surface area contributed by atoms with E-state index in [1.807, 2.05) is 0 Å². The van der Waals surface area contributed by atoms with Crippen LogP contribution in [0.15, 0.2) is 27.1 Å². The number of rotatable bonds is 4. The first-order valence-electron chi connectivity index (χ1n) is 5.27. The lowest BCUT2D eigenvalue weighted by atomic mass is 10.2. The summed E-state index contributed by atoms with van der Waals surface area (Å²) in [6.07, 6.45) is -3.14. The number of non-ortho nitro benzene ring substituents is 1. The number of alkyl halides is 2. The van der Waals surface area contributed by atoms with Crippen LogP contribution in [0.5, 0.6) is 0 Å². The monoisotopic (exact) mass is 362 g/mol. The van der Waals surface area contributed by atoms with Gasteiger partial charge in [0.2, 0.25) is 11.7 Å². The molecule has 0 bridgehead atoms. The second-order valence-electron chi connectivity index (χ2n) is 3.79. The predicted octanol–water partition coefficient (Wildman–Crippen LogP) is 3.65. The molecule has 0 aliphatic heterocycles. The Balaban J connectivity index is 2.59. The van der Waals surface area contributed by atoms with Gasteiger partial charge in [0.05, 0.1) is 4.92 Å². The number of hydrogen-bond acceptors (Lipinski definition) is 5. The van der Waals surface area contributed by atoms with Crippen molar-refractivity contribution in [2.24, 2.45) is 0 Å². The van der Waals surface area contributed by atoms with E-state index in [-0.39, 0.29) is 11.3 Å². The SMILES string of the molecule is O=C(O)c1oc(-c2cc(Br)cc([N+](=O)[O-])c2)nc1C(F)F. The zero-order valence-electron chi connectivity index (χ0n) is 9.92. The van der Waals surface area contributed by atoms with Gasteiger partial charge in [-0.15, -0.1) is 0 Å². The number of nitrogens with zero attached hydrogens (tertiary/aromatic N) is 2. The number of hydrogen-bond donors (Lipinski definition) is 1. The standard InChI is InChI=1S/C11H5BrF2N2O5/c12-5-1-4(2-6(3-5)16(19)20)10-15-7(9(13)14)8(21-10)11(17)18/h1-3,9H,(H,17,18). The van der Waals surface area contributed by atoms with E-state index in [1.54, 1.807) is 0 Å². The minimum atomic E-state index is -3.14. The van der Waals surface area contributed by atoms with Gasteiger partial charge < -0.3 is 9.52 Å². The first kappa shape index (κ1) is 15.0. The predicted molar refractivity (Wildman–Crippen MR) is 68.2 cm³/mol. The van der Waals surface area contributed by atoms with E-state index < -0.39 is 34.7 Å². The van der Waals surface area contributed by atoms with Crippen LogP contribution in [0.1, 0.15) is 22.7 Å². The summed E-state index contributed by atoms with van der Waals surface area (Å²) in [6.45, 7) is 0. The van der Waals surface area contributed by atoms with Crippen molar-refractivity contribution in [3.63, 3.8) is 0 Å². The van der Waals surface area contributed by atoms with Crippen molar-refractivity contribution in [2.75, 3.05) is 0 Å². The van der Waals surface area contributed by atoms with E-state index in [1.165, 1.54) is 12.1 Å². The second-order valence-corrected chi connectivity index (χ2v) is 4.71. The van der Waals surface area contributed by atoms with Gasteiger partial charge in [0.15, 0.2) is 5.69 Å². The maximum Gasteiger partial charge on any atom is 0.374 e. The first-order chi connectivity index (χ1) is 9.79. The number of benzene rings is 1. The molecule has 0 radical (unpaired) electrons. The Bertz CT molecular complexity index is 731. The van der Waals surface area contributed by atoms with E-state index in [0.717, 1.165) is 6.07 Å². The van der Waals surface area contributed by atoms with Crippen LogP contribution >= 0.6 is 15.9 Å². The smallest absolute Gasteiger partial charge is 0.374 e. The maximum absolute atomic E-state index is 12.7. The van der Waals surface area contributed by atoms with Crippen LogP contribution in [0.25, 0.3) is 11.5 Å². The normalized spacial score (nSPS) is 10.9. The summed E-state index contributed by atoms with van der Waals surface area (Å²) in [7, 11) is 0. The number of carbonyl (C=O) groups is 1. The third kappa shape index (κ3) is 3.05. The van der Waals surface area contributed by atoms with Crippen LogP contribution in [0.2, 0.25) is 0 Å². The highest BCUT2D eigenvalue weighted by Gasteiger charge is 2.27. The molecule has 10 heteroatoms. The molecule has 0 aliphatic carbocycles. The van der Waals surface area contributed by atoms with Gasteiger partial charge in [-0.05, 0) is 6.07 Å². The first-order valence-corrected chi connectivity index (χ1v) is 6.06. The van der Waals surface area contributed by atoms with Crippen molar-refractivity contribution >= 4 is 27.6 Å². The molecule has 0 saturated carbocycles. The lowest BCUT2D eigenvalue weighted by Crippen LogP contribution is -1.99. The number of nitro benzene ring substituents is 1. The van der Waals surface area contributed by atoms with E-state index in [9.17, 15) is 23.7 Å². The zero-order chi connectivity index (χ0) is 15.7. The van der Waals surface area contributed by atoms with E-state index in [4.69, 9.17) is 9.52 Å². The third-order valence-electron chi connectivity index (χ3n) is 2.39. The van der Waals surface area contributed by atoms with Crippen LogP contribution in [-0.2, 0) is 0 Å². The molecule has 2 rings (SSSR count). The van der Waals surface area contributed by atoms with Crippen LogP contribution in [-0.4, -0.2) is 21.0 Å². The van der Waals surface area contributed by atoms with Crippen LogP contribution in [0.4, 0.5) is 14.5 Å². The Labute approximate surface area is 123 Å². The Morgan fingerprint density at radius 3 is 2.57 bits per heavy atom. The van der Waals surface area contributed by atoms with E-state index in [0.29, 0.717) is 4.47 Å². The number of aromatic carboxylic acids is 1. The molecule has 0 aliphatic rings. The molecule has 0 unspecified atom stereocenters. The van der Waals surface area contributed by atoms with Gasteiger partial charge in [0.25, 0.3) is 12.1 Å². The summed E-state index contributed by atoms with van der Waals surface area (Å²) in [5.41, 5.74) is -1.35. The van der Waals surface area contributed by atoms with Gasteiger partial charge in [-0.2, -0.15) is 0 Å². The zero-order valence-corrected chi connectivity index (χ0v) is 11.5. The number of carboxylic acid groups (broad SMARTS) is 1. The van der Waals surface area contributed by atoms with Crippen LogP contribution < -0.4 is 0 Å². The molecule has 21 heavy (non-hydrogen) atoms. The topological polar surface area (TPSA) is 106 Å². The molecule has 0 fully saturated rings. The summed E-state index contributed by atoms with van der Waals surface area (Å²) in [6, 6.07) is 3.57. The average Bonchev–Trinajstić information content (AvgIpc) is 2.83. The van der Waals surface area contributed by atoms with Crippen LogP contribution in [0.3, 0.4) is 0 Å². The van der Waals surface area contributed by atoms with Gasteiger partial charge in [-0.1, -0.05) is 15.9 Å². The Kier molecular flexibility index (Phi) is 3.98. The fraction of sp³-hybridized carbons (Fsp3) is 0.0909. The third-order valence-corrected chi connectivity index (χ3v) is 2.85. The molecule has 0 amide bonds. The molecule has 1 aromatic carbocycles. The Hall–Kier alpha value is -2.36. The van der Waals surface area contributed by atoms with Gasteiger partial charge in [-0.3, -0.25) is 10.1 Å². The molecule has 1 heterocycles. The minimum Gasteiger partial charge on any atom is -0.475 e. The number of oxazole rings is 1. The fourth-order valence-electron chi connectivity index (χ4n) is 1.56. The molecule has 0 atom stereocenters. The lowest BCUT2D eigenvalue weighted by molar-refractivity contribution is -0.384. The molecule has 110 valence electrons. The summed E-state index contributed by atoms with van der Waals surface area (Å²) >= 11 is 3.02. The molecule has 7 nitrogen and oxygen atoms in total. The van der Waals surface area contributed by atoms with Crippen LogP contribution in [0, 0.1) is 10.1 Å². The van der Waals surface area contributed by atoms with Gasteiger partial charge in [0, 0.05) is 22.2 Å². The van der Waals surface area contributed by atoms with Crippen molar-refractivity contribution in [1.82, 2.24) is 4.98 Å². The largest absolute Gasteiger partial charge is 0.475 e. The summed E-state index contributed by atoms with van der Waals surface area (Å²) in [5.74, 6) is -3.14.